The number of hydrogen-bond acceptors (Lipinski definition) is 0. The topological polar surface area (TPSA) is 15.8 Å². The van der Waals surface area contributed by atoms with Crippen molar-refractivity contribution >= 4 is 10.9 Å². The van der Waals surface area contributed by atoms with Gasteiger partial charge >= 0.3 is 0 Å². The smallest absolute Gasteiger partial charge is 0.123 e. The Labute approximate surface area is 100 Å². The minimum absolute atomic E-state index is 0.124. The van der Waals surface area contributed by atoms with E-state index in [1.807, 2.05) is 6.07 Å². The molecule has 0 amide bonds. The number of aromatic amines is 1. The van der Waals surface area contributed by atoms with Crippen LogP contribution in [-0.4, -0.2) is 4.98 Å². The van der Waals surface area contributed by atoms with Gasteiger partial charge in [0.05, 0.1) is 0 Å². The Kier molecular flexibility index (Phi) is 1.91. The first kappa shape index (κ1) is 9.69. The van der Waals surface area contributed by atoms with Crippen LogP contribution in [0.3, 0.4) is 0 Å². The fraction of sp³-hybridized carbons (Fsp3) is 0.467. The molecule has 1 nitrogen and oxygen atoms in total. The Hall–Kier alpha value is -1.31. The molecule has 2 aliphatic carbocycles. The number of fused-ring (bicyclic) bond motifs is 3. The molecule has 2 heteroatoms. The van der Waals surface area contributed by atoms with Gasteiger partial charge in [0.2, 0.25) is 0 Å². The molecule has 88 valence electrons. The van der Waals surface area contributed by atoms with Crippen LogP contribution in [0.15, 0.2) is 24.4 Å². The average molecular weight is 229 g/mol. The summed E-state index contributed by atoms with van der Waals surface area (Å²) in [6, 6.07) is 5.07. The van der Waals surface area contributed by atoms with Crippen molar-refractivity contribution in [1.82, 2.24) is 4.98 Å². The molecule has 0 aliphatic heterocycles. The molecule has 2 aromatic rings. The predicted octanol–water partition coefficient (Wildman–Crippen LogP) is 4.21. The lowest BCUT2D eigenvalue weighted by molar-refractivity contribution is 0.422. The molecule has 3 atom stereocenters. The van der Waals surface area contributed by atoms with Crippen LogP contribution in [-0.2, 0) is 0 Å². The van der Waals surface area contributed by atoms with Crippen molar-refractivity contribution in [2.45, 2.75) is 31.6 Å². The molecule has 2 bridgehead atoms. The van der Waals surface area contributed by atoms with Crippen LogP contribution >= 0.6 is 0 Å². The molecule has 2 saturated carbocycles. The predicted molar refractivity (Wildman–Crippen MR) is 66.4 cm³/mol. The van der Waals surface area contributed by atoms with E-state index in [0.29, 0.717) is 5.92 Å². The van der Waals surface area contributed by atoms with Gasteiger partial charge in [-0.3, -0.25) is 0 Å². The second kappa shape index (κ2) is 3.34. The molecule has 2 aliphatic rings. The van der Waals surface area contributed by atoms with Crippen molar-refractivity contribution in [3.8, 4) is 0 Å². The molecule has 1 aromatic carbocycles. The second-order valence-corrected chi connectivity index (χ2v) is 5.72. The summed E-state index contributed by atoms with van der Waals surface area (Å²) >= 11 is 0. The van der Waals surface area contributed by atoms with Gasteiger partial charge < -0.3 is 4.98 Å². The van der Waals surface area contributed by atoms with Crippen LogP contribution in [0.2, 0.25) is 0 Å². The van der Waals surface area contributed by atoms with E-state index in [1.165, 1.54) is 37.3 Å². The van der Waals surface area contributed by atoms with E-state index in [2.05, 4.69) is 11.2 Å². The lowest BCUT2D eigenvalue weighted by Crippen LogP contribution is -2.07. The van der Waals surface area contributed by atoms with E-state index < -0.39 is 0 Å². The number of aromatic nitrogens is 1. The SMILES string of the molecule is Fc1ccc2[nH]cc(C3CC4CCC3C4)c2c1. The number of rotatable bonds is 1. The van der Waals surface area contributed by atoms with E-state index >= 15 is 0 Å². The standard InChI is InChI=1S/C15H16FN/c16-11-3-4-15-13(7-11)14(8-17-15)12-6-9-1-2-10(12)5-9/h3-4,7-10,12,17H,1-2,5-6H2. The number of nitrogens with one attached hydrogen (secondary N) is 1. The highest BCUT2D eigenvalue weighted by molar-refractivity contribution is 5.83. The molecule has 0 saturated heterocycles. The molecule has 1 aromatic heterocycles. The van der Waals surface area contributed by atoms with Gasteiger partial charge in [-0.2, -0.15) is 0 Å². The summed E-state index contributed by atoms with van der Waals surface area (Å²) in [5, 5.41) is 1.10. The van der Waals surface area contributed by atoms with Crippen LogP contribution in [0.1, 0.15) is 37.2 Å². The Morgan fingerprint density at radius 3 is 2.88 bits per heavy atom. The van der Waals surface area contributed by atoms with Crippen molar-refractivity contribution < 1.29 is 4.39 Å². The molecule has 2 fully saturated rings. The summed E-state index contributed by atoms with van der Waals surface area (Å²) in [5.41, 5.74) is 2.43. The van der Waals surface area contributed by atoms with Crippen LogP contribution in [0.25, 0.3) is 10.9 Å². The number of benzene rings is 1. The highest BCUT2D eigenvalue weighted by atomic mass is 19.1. The van der Waals surface area contributed by atoms with Gasteiger partial charge in [-0.05, 0) is 60.8 Å². The van der Waals surface area contributed by atoms with Gasteiger partial charge in [-0.15, -0.1) is 0 Å². The van der Waals surface area contributed by atoms with Crippen molar-refractivity contribution in [2.75, 3.05) is 0 Å². The van der Waals surface area contributed by atoms with E-state index in [9.17, 15) is 4.39 Å². The summed E-state index contributed by atoms with van der Waals surface area (Å²) in [4.78, 5) is 3.29. The maximum absolute atomic E-state index is 13.4. The van der Waals surface area contributed by atoms with E-state index in [-0.39, 0.29) is 5.82 Å². The summed E-state index contributed by atoms with van der Waals surface area (Å²) in [6.45, 7) is 0. The molecule has 17 heavy (non-hydrogen) atoms. The summed E-state index contributed by atoms with van der Waals surface area (Å²) < 4.78 is 13.4. The van der Waals surface area contributed by atoms with Crippen LogP contribution in [0, 0.1) is 17.7 Å². The number of hydrogen-bond donors (Lipinski definition) is 1. The normalized spacial score (nSPS) is 31.5. The van der Waals surface area contributed by atoms with Crippen LogP contribution in [0.5, 0.6) is 0 Å². The monoisotopic (exact) mass is 229 g/mol. The molecule has 0 spiro atoms. The lowest BCUT2D eigenvalue weighted by Gasteiger charge is -2.21. The van der Waals surface area contributed by atoms with Crippen molar-refractivity contribution in [2.24, 2.45) is 11.8 Å². The highest BCUT2D eigenvalue weighted by Gasteiger charge is 2.40. The minimum atomic E-state index is -0.124. The molecular formula is C15H16FN. The van der Waals surface area contributed by atoms with Crippen molar-refractivity contribution in [1.29, 1.82) is 0 Å². The molecular weight excluding hydrogens is 213 g/mol. The maximum Gasteiger partial charge on any atom is 0.123 e. The van der Waals surface area contributed by atoms with Gasteiger partial charge in [-0.1, -0.05) is 6.42 Å². The summed E-state index contributed by atoms with van der Waals surface area (Å²) in [5.74, 6) is 2.33. The van der Waals surface area contributed by atoms with Crippen LogP contribution in [0.4, 0.5) is 4.39 Å². The lowest BCUT2D eigenvalue weighted by atomic mass is 9.83. The van der Waals surface area contributed by atoms with E-state index in [0.717, 1.165) is 22.7 Å². The van der Waals surface area contributed by atoms with Gasteiger partial charge in [0.25, 0.3) is 0 Å². The number of H-pyrrole nitrogens is 1. The van der Waals surface area contributed by atoms with Crippen LogP contribution < -0.4 is 0 Å². The van der Waals surface area contributed by atoms with Gasteiger partial charge in [-0.25, -0.2) is 4.39 Å². The Morgan fingerprint density at radius 1 is 1.18 bits per heavy atom. The third-order valence-corrected chi connectivity index (χ3v) is 4.81. The van der Waals surface area contributed by atoms with Gasteiger partial charge in [0.15, 0.2) is 0 Å². The van der Waals surface area contributed by atoms with Crippen molar-refractivity contribution in [3.63, 3.8) is 0 Å². The quantitative estimate of drug-likeness (QED) is 0.754. The van der Waals surface area contributed by atoms with E-state index in [4.69, 9.17) is 0 Å². The Morgan fingerprint density at radius 2 is 2.12 bits per heavy atom. The molecule has 4 rings (SSSR count). The van der Waals surface area contributed by atoms with E-state index in [1.54, 1.807) is 6.07 Å². The summed E-state index contributed by atoms with van der Waals surface area (Å²) in [7, 11) is 0. The third-order valence-electron chi connectivity index (χ3n) is 4.81. The number of halogens is 1. The molecule has 3 unspecified atom stereocenters. The highest BCUT2D eigenvalue weighted by Crippen LogP contribution is 2.53. The fourth-order valence-corrected chi connectivity index (χ4v) is 4.05. The zero-order valence-corrected chi connectivity index (χ0v) is 9.75. The molecule has 1 N–H and O–H groups in total. The van der Waals surface area contributed by atoms with Gasteiger partial charge in [0, 0.05) is 17.1 Å². The largest absolute Gasteiger partial charge is 0.361 e. The minimum Gasteiger partial charge on any atom is -0.361 e. The first-order chi connectivity index (χ1) is 8.31. The zero-order valence-electron chi connectivity index (χ0n) is 9.75. The first-order valence-corrected chi connectivity index (χ1v) is 6.58. The molecule has 0 radical (unpaired) electrons. The Balaban J connectivity index is 1.83. The summed E-state index contributed by atoms with van der Waals surface area (Å²) in [6.07, 6.45) is 7.60. The zero-order chi connectivity index (χ0) is 11.4. The molecule has 1 heterocycles. The van der Waals surface area contributed by atoms with Crippen molar-refractivity contribution in [3.05, 3.63) is 35.8 Å². The average Bonchev–Trinajstić information content (AvgIpc) is 3.01. The Bertz CT molecular complexity index is 571. The third kappa shape index (κ3) is 1.36. The first-order valence-electron chi connectivity index (χ1n) is 6.58. The van der Waals surface area contributed by atoms with Gasteiger partial charge in [0.1, 0.15) is 5.82 Å². The maximum atomic E-state index is 13.4. The second-order valence-electron chi connectivity index (χ2n) is 5.72. The fourth-order valence-electron chi connectivity index (χ4n) is 4.05.